The van der Waals surface area contributed by atoms with E-state index in [1.807, 2.05) is 48.6 Å². The molecule has 0 N–H and O–H groups in total. The summed E-state index contributed by atoms with van der Waals surface area (Å²) in [6.07, 6.45) is 10.5. The summed E-state index contributed by atoms with van der Waals surface area (Å²) in [6, 6.07) is 59.0. The minimum Gasteiger partial charge on any atom is -0.135 e. The van der Waals surface area contributed by atoms with Crippen LogP contribution in [0.15, 0.2) is 208 Å². The topological polar surface area (TPSA) is 0 Å². The fraction of sp³-hybridized carbons (Fsp3) is 0.171. The van der Waals surface area contributed by atoms with E-state index in [1.165, 1.54) is 115 Å². The molecule has 1 heterocycles. The Kier molecular flexibility index (Phi) is 16.7. The Morgan fingerprint density at radius 3 is 1.87 bits per heavy atom. The standard InChI is InChI=1S/C27H26.C21H20.C15H16S.C7H8/c1-5-11-21(6-2)24-17-16-22(7-3)27(19-24)26-18-25(15-14-20(26)4)23-12-9-8-10-13-23;1-13-9-10-17-18(11-13)21(3,4)19-12-14(2)15-7-5-6-8-16(15)20(17)19;1-5-12-13-9-11(10(3)4)7-8-15(13)16-14(12)6-2;1-7-5-3-2-4-6-7/h5-6,8-19H,1-2,7H2,3-4H3;5-12H,1-4H3;5-10H,1-2H2,3-4H3;2-6H,1H3/b21-11+;;;. The third kappa shape index (κ3) is 11.3. The molecule has 10 rings (SSSR count). The summed E-state index contributed by atoms with van der Waals surface area (Å²) >= 11 is 1.78. The van der Waals surface area contributed by atoms with Crippen molar-refractivity contribution in [3.63, 3.8) is 0 Å². The Morgan fingerprint density at radius 1 is 0.563 bits per heavy atom. The molecule has 0 atom stereocenters. The molecule has 0 saturated heterocycles. The molecule has 0 aliphatic heterocycles. The second-order valence-electron chi connectivity index (χ2n) is 19.4. The molecule has 356 valence electrons. The summed E-state index contributed by atoms with van der Waals surface area (Å²) in [5.41, 5.74) is 22.5. The van der Waals surface area contributed by atoms with E-state index in [9.17, 15) is 0 Å². The van der Waals surface area contributed by atoms with Gasteiger partial charge in [-0.25, -0.2) is 0 Å². The van der Waals surface area contributed by atoms with Crippen LogP contribution < -0.4 is 0 Å². The number of fused-ring (bicyclic) bond motifs is 6. The van der Waals surface area contributed by atoms with Crippen molar-refractivity contribution in [1.82, 2.24) is 0 Å². The number of aryl methyl sites for hydroxylation is 5. The van der Waals surface area contributed by atoms with Crippen LogP contribution in [0, 0.1) is 27.7 Å². The van der Waals surface area contributed by atoms with Crippen molar-refractivity contribution < 1.29 is 0 Å². The normalized spacial score (nSPS) is 12.1. The average molecular weight is 943 g/mol. The fourth-order valence-electron chi connectivity index (χ4n) is 9.73. The van der Waals surface area contributed by atoms with Crippen LogP contribution in [0.2, 0.25) is 0 Å². The van der Waals surface area contributed by atoms with E-state index in [1.54, 1.807) is 11.3 Å². The lowest BCUT2D eigenvalue weighted by atomic mass is 9.81. The van der Waals surface area contributed by atoms with Crippen LogP contribution in [0.3, 0.4) is 0 Å². The quantitative estimate of drug-likeness (QED) is 0.127. The maximum Gasteiger partial charge on any atom is 0.0355 e. The van der Waals surface area contributed by atoms with Gasteiger partial charge in [0.1, 0.15) is 0 Å². The van der Waals surface area contributed by atoms with Crippen molar-refractivity contribution in [2.24, 2.45) is 0 Å². The second-order valence-corrected chi connectivity index (χ2v) is 20.5. The molecule has 0 radical (unpaired) electrons. The molecule has 1 aliphatic carbocycles. The van der Waals surface area contributed by atoms with Gasteiger partial charge in [-0.3, -0.25) is 0 Å². The molecule has 0 saturated carbocycles. The predicted octanol–water partition coefficient (Wildman–Crippen LogP) is 20.7. The Bertz CT molecular complexity index is 3390. The largest absolute Gasteiger partial charge is 0.135 e. The summed E-state index contributed by atoms with van der Waals surface area (Å²) in [4.78, 5) is 1.21. The zero-order valence-electron chi connectivity index (χ0n) is 43.5. The van der Waals surface area contributed by atoms with Crippen LogP contribution in [0.1, 0.15) is 101 Å². The number of benzene rings is 8. The molecule has 1 aromatic heterocycles. The average Bonchev–Trinajstić information content (AvgIpc) is 3.86. The first-order valence-corrected chi connectivity index (χ1v) is 25.8. The first-order chi connectivity index (χ1) is 34.2. The summed E-state index contributed by atoms with van der Waals surface area (Å²) in [7, 11) is 0. The summed E-state index contributed by atoms with van der Waals surface area (Å²) in [5, 5.41) is 4.07. The third-order valence-electron chi connectivity index (χ3n) is 13.8. The van der Waals surface area contributed by atoms with Crippen molar-refractivity contribution in [2.75, 3.05) is 0 Å². The lowest BCUT2D eigenvalue weighted by molar-refractivity contribution is 0.659. The van der Waals surface area contributed by atoms with Gasteiger partial charge < -0.3 is 0 Å². The van der Waals surface area contributed by atoms with Crippen molar-refractivity contribution >= 4 is 49.9 Å². The molecular formula is C70H70S. The lowest BCUT2D eigenvalue weighted by Crippen LogP contribution is -2.15. The minimum absolute atomic E-state index is 0.0888. The van der Waals surface area contributed by atoms with Crippen LogP contribution in [0.25, 0.3) is 72.0 Å². The maximum atomic E-state index is 3.96. The number of rotatable bonds is 9. The highest BCUT2D eigenvalue weighted by molar-refractivity contribution is 7.20. The van der Waals surface area contributed by atoms with Crippen molar-refractivity contribution in [3.05, 3.63) is 269 Å². The molecule has 1 aliphatic rings. The van der Waals surface area contributed by atoms with Crippen molar-refractivity contribution in [2.45, 2.75) is 80.1 Å². The Balaban J connectivity index is 0.000000150. The van der Waals surface area contributed by atoms with Gasteiger partial charge in [0.15, 0.2) is 0 Å². The molecule has 0 unspecified atom stereocenters. The van der Waals surface area contributed by atoms with Gasteiger partial charge in [-0.2, -0.15) is 0 Å². The van der Waals surface area contributed by atoms with Gasteiger partial charge in [-0.1, -0.05) is 242 Å². The van der Waals surface area contributed by atoms with Gasteiger partial charge in [-0.15, -0.1) is 11.3 Å². The van der Waals surface area contributed by atoms with Gasteiger partial charge in [0.25, 0.3) is 0 Å². The second kappa shape index (κ2) is 23.1. The van der Waals surface area contributed by atoms with Crippen LogP contribution in [-0.2, 0) is 11.8 Å². The molecule has 0 bridgehead atoms. The molecular weight excluding hydrogens is 873 g/mol. The van der Waals surface area contributed by atoms with E-state index in [0.29, 0.717) is 5.92 Å². The highest BCUT2D eigenvalue weighted by Crippen LogP contribution is 2.52. The molecule has 1 heteroatoms. The molecule has 71 heavy (non-hydrogen) atoms. The van der Waals surface area contributed by atoms with Crippen molar-refractivity contribution in [3.8, 4) is 33.4 Å². The monoisotopic (exact) mass is 943 g/mol. The lowest BCUT2D eigenvalue weighted by Gasteiger charge is -2.22. The van der Waals surface area contributed by atoms with E-state index < -0.39 is 0 Å². The van der Waals surface area contributed by atoms with Crippen LogP contribution in [0.5, 0.6) is 0 Å². The molecule has 0 nitrogen and oxygen atoms in total. The third-order valence-corrected chi connectivity index (χ3v) is 15.0. The maximum absolute atomic E-state index is 3.96. The molecule has 9 aromatic rings. The van der Waals surface area contributed by atoms with E-state index in [-0.39, 0.29) is 5.41 Å². The van der Waals surface area contributed by atoms with Gasteiger partial charge in [0.2, 0.25) is 0 Å². The highest BCUT2D eigenvalue weighted by Gasteiger charge is 2.36. The number of hydrogen-bond acceptors (Lipinski definition) is 1. The van der Waals surface area contributed by atoms with E-state index in [0.717, 1.165) is 12.0 Å². The zero-order valence-corrected chi connectivity index (χ0v) is 44.3. The number of hydrogen-bond donors (Lipinski definition) is 0. The zero-order chi connectivity index (χ0) is 50.8. The molecule has 0 spiro atoms. The Labute approximate surface area is 429 Å². The summed E-state index contributed by atoms with van der Waals surface area (Å²) in [6.45, 7) is 35.6. The SMILES string of the molecule is C=C/C=C(\C=C)c1ccc(CC)c(-c2cc(-c3ccccc3)ccc2C)c1.C=Cc1sc2ccc(C(C)C)cc2c1C=C.Cc1ccc2c(c1)C(C)(C)c1cc(C)c3ccccc3c1-2.Cc1ccccc1. The summed E-state index contributed by atoms with van der Waals surface area (Å²) < 4.78 is 1.31. The Morgan fingerprint density at radius 2 is 1.25 bits per heavy atom. The first kappa shape index (κ1) is 51.5. The predicted molar refractivity (Wildman–Crippen MR) is 318 cm³/mol. The van der Waals surface area contributed by atoms with Gasteiger partial charge >= 0.3 is 0 Å². The van der Waals surface area contributed by atoms with Crippen LogP contribution in [0.4, 0.5) is 0 Å². The fourth-order valence-corrected chi connectivity index (χ4v) is 10.8. The first-order valence-electron chi connectivity index (χ1n) is 25.0. The minimum atomic E-state index is 0.0888. The van der Waals surface area contributed by atoms with Gasteiger partial charge in [0, 0.05) is 20.4 Å². The molecule has 0 amide bonds. The van der Waals surface area contributed by atoms with E-state index in [2.05, 4.69) is 234 Å². The Hall–Kier alpha value is -7.32. The van der Waals surface area contributed by atoms with Crippen LogP contribution in [-0.4, -0.2) is 0 Å². The highest BCUT2D eigenvalue weighted by atomic mass is 32.1. The number of allylic oxidation sites excluding steroid dienone is 4. The molecule has 0 fully saturated rings. The van der Waals surface area contributed by atoms with Crippen molar-refractivity contribution in [1.29, 1.82) is 0 Å². The van der Waals surface area contributed by atoms with E-state index >= 15 is 0 Å². The molecule has 8 aromatic carbocycles. The summed E-state index contributed by atoms with van der Waals surface area (Å²) in [5.74, 6) is 0.564. The van der Waals surface area contributed by atoms with Gasteiger partial charge in [0.05, 0.1) is 0 Å². The number of thiophene rings is 1. The smallest absolute Gasteiger partial charge is 0.0355 e. The van der Waals surface area contributed by atoms with E-state index in [4.69, 9.17) is 0 Å². The van der Waals surface area contributed by atoms with Gasteiger partial charge in [-0.05, 0) is 159 Å². The van der Waals surface area contributed by atoms with Crippen LogP contribution >= 0.6 is 11.3 Å².